The van der Waals surface area contributed by atoms with Crippen molar-refractivity contribution in [1.82, 2.24) is 4.98 Å². The first-order valence-electron chi connectivity index (χ1n) is 9.04. The highest BCUT2D eigenvalue weighted by atomic mass is 32.1. The average molecular weight is 388 g/mol. The molecule has 0 fully saturated rings. The van der Waals surface area contributed by atoms with Crippen LogP contribution in [0.4, 0.5) is 5.69 Å². The normalized spacial score (nSPS) is 10.8. The lowest BCUT2D eigenvalue weighted by Crippen LogP contribution is -2.20. The van der Waals surface area contributed by atoms with Gasteiger partial charge in [-0.25, -0.2) is 4.98 Å². The second-order valence-electron chi connectivity index (χ2n) is 6.72. The summed E-state index contributed by atoms with van der Waals surface area (Å²) in [6, 6.07) is 21.6. The molecule has 0 saturated carbocycles. The van der Waals surface area contributed by atoms with Gasteiger partial charge in [0.05, 0.1) is 10.2 Å². The first-order chi connectivity index (χ1) is 13.6. The maximum atomic E-state index is 12.1. The molecule has 0 spiro atoms. The van der Waals surface area contributed by atoms with Gasteiger partial charge >= 0.3 is 0 Å². The van der Waals surface area contributed by atoms with Gasteiger partial charge < -0.3 is 10.1 Å². The van der Waals surface area contributed by atoms with Gasteiger partial charge in [0.2, 0.25) is 0 Å². The van der Waals surface area contributed by atoms with Crippen LogP contribution in [0.5, 0.6) is 5.75 Å². The Morgan fingerprint density at radius 1 is 0.964 bits per heavy atom. The predicted molar refractivity (Wildman–Crippen MR) is 115 cm³/mol. The minimum atomic E-state index is -0.191. The summed E-state index contributed by atoms with van der Waals surface area (Å²) in [7, 11) is 0. The molecule has 0 unspecified atom stereocenters. The van der Waals surface area contributed by atoms with E-state index in [0.717, 1.165) is 27.3 Å². The monoisotopic (exact) mass is 388 g/mol. The Morgan fingerprint density at radius 2 is 1.68 bits per heavy atom. The molecule has 0 atom stereocenters. The number of rotatable bonds is 5. The highest BCUT2D eigenvalue weighted by Crippen LogP contribution is 2.31. The highest BCUT2D eigenvalue weighted by molar-refractivity contribution is 7.21. The summed E-state index contributed by atoms with van der Waals surface area (Å²) in [6.07, 6.45) is 0. The molecule has 4 rings (SSSR count). The molecule has 1 heterocycles. The van der Waals surface area contributed by atoms with Gasteiger partial charge in [0.15, 0.2) is 6.61 Å². The minimum Gasteiger partial charge on any atom is -0.484 e. The van der Waals surface area contributed by atoms with Crippen molar-refractivity contribution in [3.05, 3.63) is 77.9 Å². The maximum absolute atomic E-state index is 12.1. The fourth-order valence-electron chi connectivity index (χ4n) is 2.83. The number of fused-ring (bicyclic) bond motifs is 1. The number of hydrogen-bond acceptors (Lipinski definition) is 4. The summed E-state index contributed by atoms with van der Waals surface area (Å²) in [6.45, 7) is 4.07. The van der Waals surface area contributed by atoms with Crippen LogP contribution in [0.3, 0.4) is 0 Å². The van der Waals surface area contributed by atoms with E-state index < -0.39 is 0 Å². The van der Waals surface area contributed by atoms with E-state index in [2.05, 4.69) is 24.4 Å². The van der Waals surface area contributed by atoms with Crippen LogP contribution in [0.2, 0.25) is 0 Å². The number of anilines is 1. The number of thiazole rings is 1. The number of aromatic nitrogens is 1. The van der Waals surface area contributed by atoms with E-state index in [1.165, 1.54) is 10.3 Å². The molecule has 3 aromatic carbocycles. The van der Waals surface area contributed by atoms with Crippen molar-refractivity contribution in [2.75, 3.05) is 11.9 Å². The molecule has 1 amide bonds. The smallest absolute Gasteiger partial charge is 0.262 e. The molecule has 0 aliphatic heterocycles. The van der Waals surface area contributed by atoms with Crippen LogP contribution in [-0.2, 0) is 4.79 Å². The van der Waals surface area contributed by atoms with E-state index in [1.807, 2.05) is 61.5 Å². The van der Waals surface area contributed by atoms with E-state index in [4.69, 9.17) is 9.72 Å². The predicted octanol–water partition coefficient (Wildman–Crippen LogP) is 5.60. The van der Waals surface area contributed by atoms with Crippen LogP contribution >= 0.6 is 11.3 Å². The third kappa shape index (κ3) is 4.21. The zero-order valence-corrected chi connectivity index (χ0v) is 16.5. The molecule has 140 valence electrons. The molecular formula is C23H20N2O2S. The lowest BCUT2D eigenvalue weighted by molar-refractivity contribution is -0.118. The first-order valence-corrected chi connectivity index (χ1v) is 9.85. The standard InChI is InChI=1S/C23H20N2O2S/c1-15-3-10-19(11-4-15)27-14-22(26)24-18-8-6-17(7-9-18)23-25-20-12-5-16(2)13-21(20)28-23/h3-13H,14H2,1-2H3,(H,24,26). The van der Waals surface area contributed by atoms with Crippen LogP contribution in [-0.4, -0.2) is 17.5 Å². The Morgan fingerprint density at radius 3 is 2.43 bits per heavy atom. The van der Waals surface area contributed by atoms with Gasteiger partial charge in [-0.15, -0.1) is 11.3 Å². The average Bonchev–Trinajstić information content (AvgIpc) is 3.11. The number of aryl methyl sites for hydroxylation is 2. The molecule has 0 saturated heterocycles. The summed E-state index contributed by atoms with van der Waals surface area (Å²) in [5.41, 5.74) is 5.16. The molecule has 0 bridgehead atoms. The van der Waals surface area contributed by atoms with Gasteiger partial charge in [-0.2, -0.15) is 0 Å². The van der Waals surface area contributed by atoms with E-state index in [9.17, 15) is 4.79 Å². The molecule has 4 nitrogen and oxygen atoms in total. The first kappa shape index (κ1) is 18.2. The van der Waals surface area contributed by atoms with Crippen molar-refractivity contribution in [2.45, 2.75) is 13.8 Å². The van der Waals surface area contributed by atoms with Gasteiger partial charge in [0.1, 0.15) is 10.8 Å². The summed E-state index contributed by atoms with van der Waals surface area (Å²) < 4.78 is 6.69. The summed E-state index contributed by atoms with van der Waals surface area (Å²) in [5, 5.41) is 3.83. The topological polar surface area (TPSA) is 51.2 Å². The number of carbonyl (C=O) groups excluding carboxylic acids is 1. The summed E-state index contributed by atoms with van der Waals surface area (Å²) in [4.78, 5) is 16.8. The van der Waals surface area contributed by atoms with Crippen molar-refractivity contribution < 1.29 is 9.53 Å². The third-order valence-electron chi connectivity index (χ3n) is 4.35. The lowest BCUT2D eigenvalue weighted by Gasteiger charge is -2.08. The zero-order valence-electron chi connectivity index (χ0n) is 15.7. The molecule has 0 radical (unpaired) electrons. The number of nitrogens with zero attached hydrogens (tertiary/aromatic N) is 1. The maximum Gasteiger partial charge on any atom is 0.262 e. The molecule has 0 aliphatic carbocycles. The number of carbonyl (C=O) groups is 1. The van der Waals surface area contributed by atoms with Crippen LogP contribution in [0.1, 0.15) is 11.1 Å². The van der Waals surface area contributed by atoms with Crippen molar-refractivity contribution in [1.29, 1.82) is 0 Å². The lowest BCUT2D eigenvalue weighted by atomic mass is 10.2. The summed E-state index contributed by atoms with van der Waals surface area (Å²) >= 11 is 1.67. The quantitative estimate of drug-likeness (QED) is 0.484. The molecule has 5 heteroatoms. The Kier molecular flexibility index (Phi) is 5.08. The Balaban J connectivity index is 1.39. The second kappa shape index (κ2) is 7.82. The van der Waals surface area contributed by atoms with E-state index in [0.29, 0.717) is 5.75 Å². The second-order valence-corrected chi connectivity index (χ2v) is 7.75. The third-order valence-corrected chi connectivity index (χ3v) is 5.42. The molecule has 28 heavy (non-hydrogen) atoms. The van der Waals surface area contributed by atoms with E-state index in [1.54, 1.807) is 11.3 Å². The van der Waals surface area contributed by atoms with Crippen LogP contribution in [0.15, 0.2) is 66.7 Å². The van der Waals surface area contributed by atoms with Gasteiger partial charge in [0, 0.05) is 11.3 Å². The van der Waals surface area contributed by atoms with Gasteiger partial charge in [-0.1, -0.05) is 23.8 Å². The number of benzene rings is 3. The number of nitrogens with one attached hydrogen (secondary N) is 1. The van der Waals surface area contributed by atoms with Crippen molar-refractivity contribution in [2.24, 2.45) is 0 Å². The van der Waals surface area contributed by atoms with Crippen LogP contribution in [0.25, 0.3) is 20.8 Å². The fourth-order valence-corrected chi connectivity index (χ4v) is 3.90. The highest BCUT2D eigenvalue weighted by Gasteiger charge is 2.08. The summed E-state index contributed by atoms with van der Waals surface area (Å²) in [5.74, 6) is 0.492. The molecule has 1 N–H and O–H groups in total. The van der Waals surface area contributed by atoms with E-state index >= 15 is 0 Å². The molecular weight excluding hydrogens is 368 g/mol. The van der Waals surface area contributed by atoms with E-state index in [-0.39, 0.29) is 12.5 Å². The Hall–Kier alpha value is -3.18. The zero-order chi connectivity index (χ0) is 19.5. The largest absolute Gasteiger partial charge is 0.484 e. The Labute approximate surface area is 167 Å². The van der Waals surface area contributed by atoms with Crippen LogP contribution < -0.4 is 10.1 Å². The molecule has 0 aliphatic rings. The van der Waals surface area contributed by atoms with Crippen molar-refractivity contribution >= 4 is 33.1 Å². The number of amides is 1. The molecule has 4 aromatic rings. The minimum absolute atomic E-state index is 0.0258. The fraction of sp³-hybridized carbons (Fsp3) is 0.130. The van der Waals surface area contributed by atoms with Crippen molar-refractivity contribution in [3.8, 4) is 16.3 Å². The van der Waals surface area contributed by atoms with Gasteiger partial charge in [0.25, 0.3) is 5.91 Å². The molecule has 1 aromatic heterocycles. The Bertz CT molecular complexity index is 1120. The number of hydrogen-bond donors (Lipinski definition) is 1. The number of ether oxygens (including phenoxy) is 1. The van der Waals surface area contributed by atoms with Crippen molar-refractivity contribution in [3.63, 3.8) is 0 Å². The van der Waals surface area contributed by atoms with Gasteiger partial charge in [-0.3, -0.25) is 4.79 Å². The van der Waals surface area contributed by atoms with Crippen LogP contribution in [0, 0.1) is 13.8 Å². The van der Waals surface area contributed by atoms with Gasteiger partial charge in [-0.05, 0) is 67.9 Å². The SMILES string of the molecule is Cc1ccc(OCC(=O)Nc2ccc(-c3nc4ccc(C)cc4s3)cc2)cc1.